The van der Waals surface area contributed by atoms with Crippen molar-refractivity contribution in [2.24, 2.45) is 5.41 Å². The van der Waals surface area contributed by atoms with Gasteiger partial charge in [-0.15, -0.1) is 0 Å². The average Bonchev–Trinajstić information content (AvgIpc) is 3.22. The zero-order valence-electron chi connectivity index (χ0n) is 15.9. The zero-order valence-corrected chi connectivity index (χ0v) is 15.9. The quantitative estimate of drug-likeness (QED) is 0.681. The molecule has 0 spiro atoms. The number of nitrogens with zero attached hydrogens (tertiary/aromatic N) is 4. The third kappa shape index (κ3) is 2.17. The van der Waals surface area contributed by atoms with E-state index in [4.69, 9.17) is 0 Å². The fraction of sp³-hybridized carbons (Fsp3) is 0.409. The zero-order chi connectivity index (χ0) is 18.8. The first kappa shape index (κ1) is 16.6. The number of hydrogen-bond donors (Lipinski definition) is 0. The normalized spacial score (nSPS) is 25.0. The molecule has 0 radical (unpaired) electrons. The maximum Gasteiger partial charge on any atom is 0.132 e. The van der Waals surface area contributed by atoms with Crippen LogP contribution in [-0.2, 0) is 12.0 Å². The van der Waals surface area contributed by atoms with Gasteiger partial charge in [-0.25, -0.2) is 4.39 Å². The third-order valence-corrected chi connectivity index (χ3v) is 6.96. The molecule has 27 heavy (non-hydrogen) atoms. The SMILES string of the molecule is Cc1cnn(C[C@]23CC[C@H](c4cc(-c5ccccc5F)nnc42)C3(C)C)c1. The van der Waals surface area contributed by atoms with Gasteiger partial charge in [-0.05, 0) is 60.4 Å². The maximum atomic E-state index is 14.3. The molecule has 0 aliphatic heterocycles. The Balaban J connectivity index is 1.63. The molecule has 2 heterocycles. The predicted octanol–water partition coefficient (Wildman–Crippen LogP) is 4.64. The van der Waals surface area contributed by atoms with Crippen LogP contribution < -0.4 is 0 Å². The minimum absolute atomic E-state index is 0.0672. The van der Waals surface area contributed by atoms with E-state index in [0.29, 0.717) is 17.2 Å². The fourth-order valence-corrected chi connectivity index (χ4v) is 5.41. The van der Waals surface area contributed by atoms with Gasteiger partial charge >= 0.3 is 0 Å². The summed E-state index contributed by atoms with van der Waals surface area (Å²) in [6, 6.07) is 8.85. The Morgan fingerprint density at radius 1 is 1.22 bits per heavy atom. The minimum Gasteiger partial charge on any atom is -0.272 e. The molecule has 2 aliphatic carbocycles. The monoisotopic (exact) mass is 362 g/mol. The van der Waals surface area contributed by atoms with Crippen LogP contribution in [0.2, 0.25) is 0 Å². The van der Waals surface area contributed by atoms with Crippen LogP contribution in [-0.4, -0.2) is 20.0 Å². The lowest BCUT2D eigenvalue weighted by molar-refractivity contribution is 0.173. The van der Waals surface area contributed by atoms with Gasteiger partial charge in [0, 0.05) is 17.2 Å². The number of hydrogen-bond acceptors (Lipinski definition) is 3. The largest absolute Gasteiger partial charge is 0.272 e. The fourth-order valence-electron chi connectivity index (χ4n) is 5.41. The van der Waals surface area contributed by atoms with Crippen LogP contribution in [0.15, 0.2) is 42.7 Å². The Labute approximate surface area is 158 Å². The molecule has 5 heteroatoms. The van der Waals surface area contributed by atoms with E-state index in [2.05, 4.69) is 48.3 Å². The summed E-state index contributed by atoms with van der Waals surface area (Å²) in [4.78, 5) is 0. The van der Waals surface area contributed by atoms with E-state index in [1.54, 1.807) is 12.1 Å². The predicted molar refractivity (Wildman–Crippen MR) is 102 cm³/mol. The maximum absolute atomic E-state index is 14.3. The minimum atomic E-state index is -0.254. The number of aromatic nitrogens is 4. The summed E-state index contributed by atoms with van der Waals surface area (Å²) < 4.78 is 16.3. The lowest BCUT2D eigenvalue weighted by atomic mass is 9.68. The van der Waals surface area contributed by atoms with Crippen molar-refractivity contribution in [2.45, 2.75) is 51.5 Å². The summed E-state index contributed by atoms with van der Waals surface area (Å²) in [5.74, 6) is 0.168. The molecule has 4 nitrogen and oxygen atoms in total. The van der Waals surface area contributed by atoms with Gasteiger partial charge in [-0.2, -0.15) is 15.3 Å². The van der Waals surface area contributed by atoms with Crippen LogP contribution in [0, 0.1) is 18.2 Å². The Hall–Kier alpha value is -2.56. The first-order valence-electron chi connectivity index (χ1n) is 9.54. The van der Waals surface area contributed by atoms with Gasteiger partial charge in [0.2, 0.25) is 0 Å². The molecule has 0 amide bonds. The lowest BCUT2D eigenvalue weighted by Crippen LogP contribution is -2.40. The standard InChI is InChI=1S/C22H23FN4/c1-14-11-24-27(12-14)13-22-9-8-17(21(22,2)3)16-10-19(25-26-20(16)22)15-6-4-5-7-18(15)23/h4-7,10-12,17H,8-9,13H2,1-3H3/t17-,22-/m1/s1. The van der Waals surface area contributed by atoms with Crippen molar-refractivity contribution in [3.05, 3.63) is 65.4 Å². The highest BCUT2D eigenvalue weighted by Crippen LogP contribution is 2.67. The van der Waals surface area contributed by atoms with Gasteiger partial charge in [0.05, 0.1) is 24.1 Å². The van der Waals surface area contributed by atoms with Crippen molar-refractivity contribution in [3.8, 4) is 11.3 Å². The van der Waals surface area contributed by atoms with Gasteiger partial charge in [-0.3, -0.25) is 4.68 Å². The number of fused-ring (bicyclic) bond motifs is 5. The lowest BCUT2D eigenvalue weighted by Gasteiger charge is -2.37. The van der Waals surface area contributed by atoms with Crippen LogP contribution in [0.4, 0.5) is 4.39 Å². The molecule has 0 saturated heterocycles. The van der Waals surface area contributed by atoms with Crippen LogP contribution in [0.3, 0.4) is 0 Å². The van der Waals surface area contributed by atoms with Crippen LogP contribution in [0.5, 0.6) is 0 Å². The molecule has 1 saturated carbocycles. The number of halogens is 1. The molecular formula is C22H23FN4. The summed E-state index contributed by atoms with van der Waals surface area (Å²) >= 11 is 0. The second kappa shape index (κ2) is 5.47. The van der Waals surface area contributed by atoms with Crippen molar-refractivity contribution in [1.82, 2.24) is 20.0 Å². The molecular weight excluding hydrogens is 339 g/mol. The molecule has 5 rings (SSSR count). The summed E-state index contributed by atoms with van der Waals surface area (Å²) in [5, 5.41) is 13.6. The van der Waals surface area contributed by atoms with E-state index in [1.807, 2.05) is 16.9 Å². The molecule has 2 atom stereocenters. The summed E-state index contributed by atoms with van der Waals surface area (Å²) in [7, 11) is 0. The van der Waals surface area contributed by atoms with Crippen LogP contribution in [0.1, 0.15) is 49.4 Å². The van der Waals surface area contributed by atoms with Crippen LogP contribution >= 0.6 is 0 Å². The molecule has 1 aromatic carbocycles. The number of rotatable bonds is 3. The van der Waals surface area contributed by atoms with E-state index >= 15 is 0 Å². The second-order valence-corrected chi connectivity index (χ2v) is 8.62. The highest BCUT2D eigenvalue weighted by atomic mass is 19.1. The summed E-state index contributed by atoms with van der Waals surface area (Å²) in [6.07, 6.45) is 6.21. The Morgan fingerprint density at radius 3 is 2.78 bits per heavy atom. The highest BCUT2D eigenvalue weighted by Gasteiger charge is 2.63. The number of benzene rings is 1. The van der Waals surface area contributed by atoms with Crippen molar-refractivity contribution < 1.29 is 4.39 Å². The van der Waals surface area contributed by atoms with E-state index < -0.39 is 0 Å². The van der Waals surface area contributed by atoms with Gasteiger partial charge in [0.1, 0.15) is 5.82 Å². The molecule has 138 valence electrons. The van der Waals surface area contributed by atoms with E-state index in [-0.39, 0.29) is 16.6 Å². The summed E-state index contributed by atoms with van der Waals surface area (Å²) in [5.41, 5.74) is 4.62. The topological polar surface area (TPSA) is 43.6 Å². The molecule has 2 aromatic heterocycles. The van der Waals surface area contributed by atoms with E-state index in [1.165, 1.54) is 11.6 Å². The van der Waals surface area contributed by atoms with Gasteiger partial charge in [0.25, 0.3) is 0 Å². The van der Waals surface area contributed by atoms with Gasteiger partial charge in [0.15, 0.2) is 0 Å². The molecule has 1 fully saturated rings. The molecule has 0 unspecified atom stereocenters. The van der Waals surface area contributed by atoms with Crippen LogP contribution in [0.25, 0.3) is 11.3 Å². The molecule has 2 bridgehead atoms. The average molecular weight is 362 g/mol. The van der Waals surface area contributed by atoms with Gasteiger partial charge < -0.3 is 0 Å². The Bertz CT molecular complexity index is 1040. The Morgan fingerprint density at radius 2 is 2.04 bits per heavy atom. The molecule has 2 aliphatic rings. The highest BCUT2D eigenvalue weighted by molar-refractivity contribution is 5.62. The van der Waals surface area contributed by atoms with Crippen molar-refractivity contribution >= 4 is 0 Å². The third-order valence-electron chi connectivity index (χ3n) is 6.96. The van der Waals surface area contributed by atoms with E-state index in [0.717, 1.165) is 30.6 Å². The van der Waals surface area contributed by atoms with Crippen molar-refractivity contribution in [3.63, 3.8) is 0 Å². The smallest absolute Gasteiger partial charge is 0.132 e. The van der Waals surface area contributed by atoms with Crippen molar-refractivity contribution in [2.75, 3.05) is 0 Å². The molecule has 0 N–H and O–H groups in total. The first-order chi connectivity index (χ1) is 12.9. The molecule has 3 aromatic rings. The Kier molecular flexibility index (Phi) is 3.37. The first-order valence-corrected chi connectivity index (χ1v) is 9.54. The van der Waals surface area contributed by atoms with Gasteiger partial charge in [-0.1, -0.05) is 26.0 Å². The van der Waals surface area contributed by atoms with E-state index in [9.17, 15) is 4.39 Å². The van der Waals surface area contributed by atoms with Crippen molar-refractivity contribution in [1.29, 1.82) is 0 Å². The number of aryl methyl sites for hydroxylation is 1. The second-order valence-electron chi connectivity index (χ2n) is 8.62. The summed E-state index contributed by atoms with van der Waals surface area (Å²) in [6.45, 7) is 7.55.